The second kappa shape index (κ2) is 4.71. The lowest BCUT2D eigenvalue weighted by Gasteiger charge is -2.12. The van der Waals surface area contributed by atoms with Crippen molar-refractivity contribution in [1.29, 1.82) is 0 Å². The Balaban J connectivity index is 1.98. The van der Waals surface area contributed by atoms with Crippen molar-refractivity contribution in [1.82, 2.24) is 19.5 Å². The Morgan fingerprint density at radius 1 is 1.56 bits per heavy atom. The third-order valence-electron chi connectivity index (χ3n) is 2.79. The number of hydrogen-bond acceptors (Lipinski definition) is 7. The zero-order valence-corrected chi connectivity index (χ0v) is 10.6. The van der Waals surface area contributed by atoms with Crippen LogP contribution in [0.4, 0.5) is 5.82 Å². The molecule has 1 fully saturated rings. The number of aliphatic hydroxyl groups is 1. The smallest absolute Gasteiger partial charge is 0.167 e. The molecule has 0 bridgehead atoms. The predicted molar refractivity (Wildman–Crippen MR) is 68.3 cm³/mol. The Morgan fingerprint density at radius 2 is 2.44 bits per heavy atom. The van der Waals surface area contributed by atoms with Crippen LogP contribution in [0.25, 0.3) is 11.2 Å². The van der Waals surface area contributed by atoms with Crippen molar-refractivity contribution < 1.29 is 9.84 Å². The van der Waals surface area contributed by atoms with Crippen LogP contribution < -0.4 is 5.32 Å². The molecule has 0 saturated carbocycles. The Bertz CT molecular complexity index is 560. The van der Waals surface area contributed by atoms with E-state index >= 15 is 0 Å². The minimum atomic E-state index is -0.168. The van der Waals surface area contributed by atoms with Gasteiger partial charge in [-0.05, 0) is 0 Å². The highest BCUT2D eigenvalue weighted by atomic mass is 32.2. The maximum atomic E-state index is 9.07. The number of fused-ring (bicyclic) bond motifs is 1. The number of thioether (sulfide) groups is 1. The Kier molecular flexibility index (Phi) is 3.06. The molecule has 96 valence electrons. The van der Waals surface area contributed by atoms with Crippen molar-refractivity contribution in [3.63, 3.8) is 0 Å². The van der Waals surface area contributed by atoms with E-state index in [1.54, 1.807) is 25.1 Å². The highest BCUT2D eigenvalue weighted by Gasteiger charge is 2.28. The molecule has 2 atom stereocenters. The molecule has 0 spiro atoms. The predicted octanol–water partition coefficient (Wildman–Crippen LogP) is 0.448. The lowest BCUT2D eigenvalue weighted by molar-refractivity contribution is -0.00191. The molecule has 2 aromatic heterocycles. The number of aromatic nitrogens is 4. The van der Waals surface area contributed by atoms with E-state index in [1.807, 2.05) is 4.57 Å². The van der Waals surface area contributed by atoms with E-state index in [-0.39, 0.29) is 18.3 Å². The minimum Gasteiger partial charge on any atom is -0.393 e. The van der Waals surface area contributed by atoms with E-state index in [4.69, 9.17) is 9.84 Å². The topological polar surface area (TPSA) is 85.1 Å². The molecule has 2 N–H and O–H groups in total. The summed E-state index contributed by atoms with van der Waals surface area (Å²) in [6.07, 6.45) is 3.06. The molecular weight excluding hydrogens is 254 g/mol. The first kappa shape index (κ1) is 11.7. The van der Waals surface area contributed by atoms with Gasteiger partial charge < -0.3 is 15.2 Å². The molecule has 0 radical (unpaired) electrons. The maximum absolute atomic E-state index is 9.07. The standard InChI is InChI=1S/C10H13N5O2S/c1-11-9-8-10(13-4-12-9)15(5-14-8)6-3-18-7(2-16)17-6/h4-7,16H,2-3H2,1H3,(H,11,12,13)/t6-,7+/m0/s1. The molecule has 0 amide bonds. The van der Waals surface area contributed by atoms with Crippen LogP contribution in [0.1, 0.15) is 6.23 Å². The SMILES string of the molecule is CNc1ncnc2c1ncn2[C@@H]1CS[C@H](CO)O1. The van der Waals surface area contributed by atoms with Crippen LogP contribution in [0.5, 0.6) is 0 Å². The van der Waals surface area contributed by atoms with Gasteiger partial charge in [-0.3, -0.25) is 4.57 Å². The van der Waals surface area contributed by atoms with E-state index in [0.29, 0.717) is 5.82 Å². The summed E-state index contributed by atoms with van der Waals surface area (Å²) in [4.78, 5) is 12.7. The molecule has 7 nitrogen and oxygen atoms in total. The molecule has 0 aromatic carbocycles. The molecule has 3 rings (SSSR count). The number of aliphatic hydroxyl groups excluding tert-OH is 1. The van der Waals surface area contributed by atoms with Crippen LogP contribution in [0.2, 0.25) is 0 Å². The number of imidazole rings is 1. The lowest BCUT2D eigenvalue weighted by atomic mass is 10.5. The number of hydrogen-bond donors (Lipinski definition) is 2. The van der Waals surface area contributed by atoms with Crippen LogP contribution in [0.15, 0.2) is 12.7 Å². The lowest BCUT2D eigenvalue weighted by Crippen LogP contribution is -2.14. The highest BCUT2D eigenvalue weighted by Crippen LogP contribution is 2.33. The molecule has 1 aliphatic rings. The first-order valence-corrected chi connectivity index (χ1v) is 6.61. The zero-order valence-electron chi connectivity index (χ0n) is 9.78. The number of rotatable bonds is 3. The number of ether oxygens (including phenoxy) is 1. The van der Waals surface area contributed by atoms with E-state index in [0.717, 1.165) is 16.9 Å². The molecular formula is C10H13N5O2S. The van der Waals surface area contributed by atoms with Crippen LogP contribution in [0.3, 0.4) is 0 Å². The highest BCUT2D eigenvalue weighted by molar-refractivity contribution is 8.00. The Morgan fingerprint density at radius 3 is 3.17 bits per heavy atom. The average Bonchev–Trinajstić information content (AvgIpc) is 3.03. The van der Waals surface area contributed by atoms with Gasteiger partial charge in [-0.2, -0.15) is 0 Å². The van der Waals surface area contributed by atoms with Gasteiger partial charge in [0.1, 0.15) is 23.5 Å². The first-order valence-electron chi connectivity index (χ1n) is 5.56. The monoisotopic (exact) mass is 267 g/mol. The number of nitrogens with one attached hydrogen (secondary N) is 1. The quantitative estimate of drug-likeness (QED) is 0.835. The summed E-state index contributed by atoms with van der Waals surface area (Å²) < 4.78 is 7.57. The molecule has 0 aliphatic carbocycles. The normalized spacial score (nSPS) is 23.7. The zero-order chi connectivity index (χ0) is 12.5. The summed E-state index contributed by atoms with van der Waals surface area (Å²) in [5, 5.41) is 12.1. The van der Waals surface area contributed by atoms with Crippen molar-refractivity contribution >= 4 is 28.7 Å². The van der Waals surface area contributed by atoms with Gasteiger partial charge >= 0.3 is 0 Å². The van der Waals surface area contributed by atoms with Crippen molar-refractivity contribution in [2.75, 3.05) is 24.7 Å². The van der Waals surface area contributed by atoms with E-state index in [1.165, 1.54) is 6.33 Å². The minimum absolute atomic E-state index is 0.0184. The van der Waals surface area contributed by atoms with Crippen LogP contribution in [0, 0.1) is 0 Å². The third kappa shape index (κ3) is 1.82. The average molecular weight is 267 g/mol. The fraction of sp³-hybridized carbons (Fsp3) is 0.500. The summed E-state index contributed by atoms with van der Waals surface area (Å²) in [7, 11) is 1.80. The molecule has 0 unspecified atom stereocenters. The number of nitrogens with zero attached hydrogens (tertiary/aromatic N) is 4. The van der Waals surface area contributed by atoms with Crippen LogP contribution in [-0.2, 0) is 4.74 Å². The summed E-state index contributed by atoms with van der Waals surface area (Å²) in [5.74, 6) is 1.47. The van der Waals surface area contributed by atoms with Crippen LogP contribution >= 0.6 is 11.8 Å². The Labute approximate surface area is 108 Å². The van der Waals surface area contributed by atoms with Gasteiger partial charge in [0.2, 0.25) is 0 Å². The summed E-state index contributed by atoms with van der Waals surface area (Å²) in [6.45, 7) is 0.0184. The fourth-order valence-electron chi connectivity index (χ4n) is 1.93. The largest absolute Gasteiger partial charge is 0.393 e. The number of anilines is 1. The second-order valence-corrected chi connectivity index (χ2v) is 5.02. The third-order valence-corrected chi connectivity index (χ3v) is 3.90. The molecule has 2 aromatic rings. The molecule has 3 heterocycles. The van der Waals surface area contributed by atoms with Gasteiger partial charge in [0.25, 0.3) is 0 Å². The van der Waals surface area contributed by atoms with Gasteiger partial charge in [-0.1, -0.05) is 0 Å². The maximum Gasteiger partial charge on any atom is 0.167 e. The molecule has 1 aliphatic heterocycles. The summed E-state index contributed by atoms with van der Waals surface area (Å²) in [6, 6.07) is 0. The Hall–Kier alpha value is -1.38. The van der Waals surface area contributed by atoms with E-state index in [9.17, 15) is 0 Å². The fourth-order valence-corrected chi connectivity index (χ4v) is 2.86. The summed E-state index contributed by atoms with van der Waals surface area (Å²) in [5.41, 5.74) is 1.29. The van der Waals surface area contributed by atoms with Crippen LogP contribution in [-0.4, -0.2) is 49.5 Å². The van der Waals surface area contributed by atoms with Gasteiger partial charge in [-0.15, -0.1) is 11.8 Å². The van der Waals surface area contributed by atoms with E-state index in [2.05, 4.69) is 20.3 Å². The van der Waals surface area contributed by atoms with Crippen molar-refractivity contribution in [3.8, 4) is 0 Å². The van der Waals surface area contributed by atoms with Crippen molar-refractivity contribution in [2.45, 2.75) is 11.7 Å². The summed E-state index contributed by atoms with van der Waals surface area (Å²) >= 11 is 1.59. The molecule has 1 saturated heterocycles. The molecule has 18 heavy (non-hydrogen) atoms. The van der Waals surface area contributed by atoms with Gasteiger partial charge in [0.15, 0.2) is 11.5 Å². The van der Waals surface area contributed by atoms with Gasteiger partial charge in [-0.25, -0.2) is 15.0 Å². The van der Waals surface area contributed by atoms with Crippen molar-refractivity contribution in [2.24, 2.45) is 0 Å². The van der Waals surface area contributed by atoms with Crippen molar-refractivity contribution in [3.05, 3.63) is 12.7 Å². The second-order valence-electron chi connectivity index (χ2n) is 3.83. The molecule has 8 heteroatoms. The van der Waals surface area contributed by atoms with E-state index < -0.39 is 0 Å². The van der Waals surface area contributed by atoms with Gasteiger partial charge in [0.05, 0.1) is 12.9 Å². The van der Waals surface area contributed by atoms with Gasteiger partial charge in [0, 0.05) is 12.8 Å². The first-order chi connectivity index (χ1) is 8.83.